The Bertz CT molecular complexity index is 286. The van der Waals surface area contributed by atoms with Crippen molar-refractivity contribution in [2.45, 2.75) is 44.6 Å². The van der Waals surface area contributed by atoms with Gasteiger partial charge < -0.3 is 10.2 Å². The SMILES string of the molecule is CN1CCN=C1NC1CC1C1CCCCC1.I. The Hall–Kier alpha value is 0. The number of nitrogens with zero attached hydrogens (tertiary/aromatic N) is 2. The van der Waals surface area contributed by atoms with E-state index in [0.29, 0.717) is 0 Å². The van der Waals surface area contributed by atoms with E-state index >= 15 is 0 Å². The van der Waals surface area contributed by atoms with E-state index < -0.39 is 0 Å². The fourth-order valence-electron chi connectivity index (χ4n) is 3.32. The summed E-state index contributed by atoms with van der Waals surface area (Å²) >= 11 is 0. The zero-order valence-electron chi connectivity index (χ0n) is 10.7. The lowest BCUT2D eigenvalue weighted by molar-refractivity contribution is 0.315. The molecule has 2 aliphatic carbocycles. The smallest absolute Gasteiger partial charge is 0.194 e. The number of guanidine groups is 1. The molecule has 0 amide bonds. The van der Waals surface area contributed by atoms with Gasteiger partial charge in [0.25, 0.3) is 0 Å². The van der Waals surface area contributed by atoms with Crippen LogP contribution in [0.4, 0.5) is 0 Å². The summed E-state index contributed by atoms with van der Waals surface area (Å²) in [4.78, 5) is 6.75. The Labute approximate surface area is 121 Å². The Morgan fingerprint density at radius 2 is 2.00 bits per heavy atom. The first-order valence-electron chi connectivity index (χ1n) is 6.87. The molecule has 0 spiro atoms. The van der Waals surface area contributed by atoms with Crippen LogP contribution >= 0.6 is 24.0 Å². The van der Waals surface area contributed by atoms with Crippen molar-refractivity contribution in [1.82, 2.24) is 10.2 Å². The van der Waals surface area contributed by atoms with Gasteiger partial charge >= 0.3 is 0 Å². The van der Waals surface area contributed by atoms with Crippen molar-refractivity contribution < 1.29 is 0 Å². The van der Waals surface area contributed by atoms with E-state index in [2.05, 4.69) is 22.3 Å². The Morgan fingerprint density at radius 1 is 1.24 bits per heavy atom. The predicted molar refractivity (Wildman–Crippen MR) is 82.0 cm³/mol. The van der Waals surface area contributed by atoms with E-state index in [0.717, 1.165) is 36.9 Å². The molecule has 0 aromatic rings. The van der Waals surface area contributed by atoms with Gasteiger partial charge in [0.1, 0.15) is 0 Å². The van der Waals surface area contributed by atoms with Gasteiger partial charge in [-0.2, -0.15) is 0 Å². The highest BCUT2D eigenvalue weighted by Crippen LogP contribution is 2.44. The fourth-order valence-corrected chi connectivity index (χ4v) is 3.32. The number of rotatable bonds is 2. The zero-order chi connectivity index (χ0) is 11.0. The Balaban J connectivity index is 0.00000108. The molecule has 1 N–H and O–H groups in total. The van der Waals surface area contributed by atoms with Gasteiger partial charge in [0, 0.05) is 19.6 Å². The van der Waals surface area contributed by atoms with E-state index in [1.807, 2.05) is 0 Å². The van der Waals surface area contributed by atoms with Crippen molar-refractivity contribution in [3.05, 3.63) is 0 Å². The molecule has 17 heavy (non-hydrogen) atoms. The highest BCUT2D eigenvalue weighted by atomic mass is 127. The van der Waals surface area contributed by atoms with Crippen molar-refractivity contribution in [2.24, 2.45) is 16.8 Å². The molecule has 0 bridgehead atoms. The van der Waals surface area contributed by atoms with Crippen molar-refractivity contribution in [3.8, 4) is 0 Å². The van der Waals surface area contributed by atoms with E-state index in [1.54, 1.807) is 0 Å². The van der Waals surface area contributed by atoms with E-state index in [-0.39, 0.29) is 24.0 Å². The van der Waals surface area contributed by atoms with Crippen LogP contribution in [0.3, 0.4) is 0 Å². The normalized spacial score (nSPS) is 33.0. The van der Waals surface area contributed by atoms with Gasteiger partial charge in [-0.15, -0.1) is 24.0 Å². The molecular formula is C13H24IN3. The molecule has 2 unspecified atom stereocenters. The van der Waals surface area contributed by atoms with Crippen LogP contribution in [-0.2, 0) is 0 Å². The minimum Gasteiger partial charge on any atom is -0.353 e. The third-order valence-corrected chi connectivity index (χ3v) is 4.47. The zero-order valence-corrected chi connectivity index (χ0v) is 13.0. The first-order valence-corrected chi connectivity index (χ1v) is 6.87. The van der Waals surface area contributed by atoms with Gasteiger partial charge in [0.15, 0.2) is 5.96 Å². The number of hydrogen-bond donors (Lipinski definition) is 1. The number of halogens is 1. The van der Waals surface area contributed by atoms with Crippen LogP contribution < -0.4 is 5.32 Å². The molecule has 2 fully saturated rings. The first-order chi connectivity index (χ1) is 7.84. The Kier molecular flexibility index (Phi) is 4.55. The number of nitrogens with one attached hydrogen (secondary N) is 1. The summed E-state index contributed by atoms with van der Waals surface area (Å²) < 4.78 is 0. The van der Waals surface area contributed by atoms with E-state index in [1.165, 1.54) is 38.5 Å². The lowest BCUT2D eigenvalue weighted by atomic mass is 9.85. The van der Waals surface area contributed by atoms with Gasteiger partial charge in [-0.3, -0.25) is 4.99 Å². The highest BCUT2D eigenvalue weighted by molar-refractivity contribution is 14.0. The largest absolute Gasteiger partial charge is 0.353 e. The van der Waals surface area contributed by atoms with Crippen LogP contribution in [0.1, 0.15) is 38.5 Å². The highest BCUT2D eigenvalue weighted by Gasteiger charge is 2.43. The molecule has 2 atom stereocenters. The fraction of sp³-hybridized carbons (Fsp3) is 0.923. The second-order valence-corrected chi connectivity index (χ2v) is 5.68. The molecule has 0 aromatic heterocycles. The second kappa shape index (κ2) is 5.76. The minimum atomic E-state index is 0. The average Bonchev–Trinajstić information content (AvgIpc) is 2.97. The van der Waals surface area contributed by atoms with Crippen molar-refractivity contribution >= 4 is 29.9 Å². The molecule has 2 saturated carbocycles. The van der Waals surface area contributed by atoms with E-state index in [4.69, 9.17) is 0 Å². The molecule has 0 radical (unpaired) electrons. The minimum absolute atomic E-state index is 0. The number of hydrogen-bond acceptors (Lipinski definition) is 3. The maximum Gasteiger partial charge on any atom is 0.194 e. The lowest BCUT2D eigenvalue weighted by Crippen LogP contribution is -2.38. The summed E-state index contributed by atoms with van der Waals surface area (Å²) in [5.74, 6) is 3.11. The van der Waals surface area contributed by atoms with Gasteiger partial charge in [0.2, 0.25) is 0 Å². The molecule has 3 nitrogen and oxygen atoms in total. The van der Waals surface area contributed by atoms with E-state index in [9.17, 15) is 0 Å². The van der Waals surface area contributed by atoms with Gasteiger partial charge in [-0.25, -0.2) is 0 Å². The molecule has 0 saturated heterocycles. The maximum absolute atomic E-state index is 4.51. The van der Waals surface area contributed by atoms with Crippen LogP contribution in [0, 0.1) is 11.8 Å². The second-order valence-electron chi connectivity index (χ2n) is 5.68. The summed E-state index contributed by atoms with van der Waals surface area (Å²) in [7, 11) is 2.14. The van der Waals surface area contributed by atoms with Gasteiger partial charge in [-0.1, -0.05) is 32.1 Å². The molecular weight excluding hydrogens is 325 g/mol. The quantitative estimate of drug-likeness (QED) is 0.776. The molecule has 3 aliphatic rings. The molecule has 4 heteroatoms. The summed E-state index contributed by atoms with van der Waals surface area (Å²) in [6.07, 6.45) is 8.74. The summed E-state index contributed by atoms with van der Waals surface area (Å²) in [5, 5.41) is 3.63. The Morgan fingerprint density at radius 3 is 2.65 bits per heavy atom. The average molecular weight is 349 g/mol. The van der Waals surface area contributed by atoms with Crippen LogP contribution in [0.5, 0.6) is 0 Å². The first kappa shape index (κ1) is 13.4. The molecule has 98 valence electrons. The predicted octanol–water partition coefficient (Wildman–Crippen LogP) is 2.46. The van der Waals surface area contributed by atoms with Crippen molar-refractivity contribution in [2.75, 3.05) is 20.1 Å². The molecule has 1 aliphatic heterocycles. The van der Waals surface area contributed by atoms with Crippen LogP contribution in [0.15, 0.2) is 4.99 Å². The summed E-state index contributed by atoms with van der Waals surface area (Å²) in [6, 6.07) is 0.738. The van der Waals surface area contributed by atoms with Gasteiger partial charge in [0.05, 0.1) is 6.54 Å². The lowest BCUT2D eigenvalue weighted by Gasteiger charge is -2.22. The topological polar surface area (TPSA) is 27.6 Å². The number of likely N-dealkylation sites (N-methyl/N-ethyl adjacent to an activating group) is 1. The summed E-state index contributed by atoms with van der Waals surface area (Å²) in [6.45, 7) is 2.06. The third-order valence-electron chi connectivity index (χ3n) is 4.47. The van der Waals surface area contributed by atoms with Crippen LogP contribution in [-0.4, -0.2) is 37.0 Å². The number of aliphatic imine (C=N–C) groups is 1. The van der Waals surface area contributed by atoms with Crippen LogP contribution in [0.25, 0.3) is 0 Å². The molecule has 1 heterocycles. The molecule has 3 rings (SSSR count). The van der Waals surface area contributed by atoms with Crippen molar-refractivity contribution in [3.63, 3.8) is 0 Å². The maximum atomic E-state index is 4.51. The van der Waals surface area contributed by atoms with Gasteiger partial charge in [-0.05, 0) is 18.3 Å². The van der Waals surface area contributed by atoms with Crippen LogP contribution in [0.2, 0.25) is 0 Å². The third kappa shape index (κ3) is 3.06. The monoisotopic (exact) mass is 349 g/mol. The standard InChI is InChI=1S/C13H23N3.HI/c1-16-8-7-14-13(16)15-12-9-11(12)10-5-3-2-4-6-10;/h10-12H,2-9H2,1H3,(H,14,15);1H. The molecule has 0 aromatic carbocycles. The van der Waals surface area contributed by atoms with Crippen molar-refractivity contribution in [1.29, 1.82) is 0 Å². The summed E-state index contributed by atoms with van der Waals surface area (Å²) in [5.41, 5.74) is 0.